The topological polar surface area (TPSA) is 96.9 Å². The van der Waals surface area contributed by atoms with Crippen molar-refractivity contribution in [1.29, 1.82) is 0 Å². The summed E-state index contributed by atoms with van der Waals surface area (Å²) >= 11 is 0. The molecule has 1 heterocycles. The predicted molar refractivity (Wildman–Crippen MR) is 103 cm³/mol. The Kier molecular flexibility index (Phi) is 5.76. The van der Waals surface area contributed by atoms with Gasteiger partial charge in [0, 0.05) is 23.7 Å². The summed E-state index contributed by atoms with van der Waals surface area (Å²) in [6.45, 7) is 3.46. The summed E-state index contributed by atoms with van der Waals surface area (Å²) in [7, 11) is -3.60. The van der Waals surface area contributed by atoms with E-state index in [2.05, 4.69) is 15.2 Å². The van der Waals surface area contributed by atoms with Crippen molar-refractivity contribution in [3.05, 3.63) is 59.9 Å². The molecule has 2 N–H and O–H groups in total. The van der Waals surface area contributed by atoms with Gasteiger partial charge in [-0.15, -0.1) is 0 Å². The summed E-state index contributed by atoms with van der Waals surface area (Å²) < 4.78 is 40.1. The van der Waals surface area contributed by atoms with Crippen molar-refractivity contribution in [3.8, 4) is 0 Å². The molecule has 2 aromatic rings. The van der Waals surface area contributed by atoms with Crippen LogP contribution in [0.4, 0.5) is 10.1 Å². The highest BCUT2D eigenvalue weighted by atomic mass is 32.2. The van der Waals surface area contributed by atoms with Crippen molar-refractivity contribution in [2.75, 3.05) is 5.32 Å². The third-order valence-electron chi connectivity index (χ3n) is 3.94. The SMILES string of the molecule is CC(C)NS(=O)(=O)c1ccc(NC(=O)C2CC(c3cccc(F)c3)=NO2)cc1. The first kappa shape index (κ1) is 20.0. The van der Waals surface area contributed by atoms with Crippen molar-refractivity contribution in [2.45, 2.75) is 37.3 Å². The highest BCUT2D eigenvalue weighted by Crippen LogP contribution is 2.20. The third kappa shape index (κ3) is 4.73. The number of benzene rings is 2. The molecule has 0 radical (unpaired) electrons. The van der Waals surface area contributed by atoms with E-state index in [0.29, 0.717) is 17.0 Å². The molecule has 2 aromatic carbocycles. The summed E-state index contributed by atoms with van der Waals surface area (Å²) in [5, 5.41) is 6.53. The lowest BCUT2D eigenvalue weighted by Gasteiger charge is -2.12. The fourth-order valence-electron chi connectivity index (χ4n) is 2.68. The van der Waals surface area contributed by atoms with Crippen molar-refractivity contribution < 1.29 is 22.4 Å². The molecule has 3 rings (SSSR count). The molecule has 1 amide bonds. The van der Waals surface area contributed by atoms with Gasteiger partial charge in [0.15, 0.2) is 0 Å². The van der Waals surface area contributed by atoms with Gasteiger partial charge in [0.25, 0.3) is 5.91 Å². The molecule has 0 aromatic heterocycles. The minimum atomic E-state index is -3.60. The van der Waals surface area contributed by atoms with E-state index in [-0.39, 0.29) is 17.4 Å². The van der Waals surface area contributed by atoms with Crippen LogP contribution in [0.5, 0.6) is 0 Å². The molecule has 0 saturated heterocycles. The zero-order valence-corrected chi connectivity index (χ0v) is 16.2. The number of rotatable bonds is 6. The van der Waals surface area contributed by atoms with Crippen LogP contribution in [0.1, 0.15) is 25.8 Å². The van der Waals surface area contributed by atoms with Crippen LogP contribution in [-0.2, 0) is 19.7 Å². The summed E-state index contributed by atoms with van der Waals surface area (Å²) in [5.41, 5.74) is 1.47. The molecule has 0 saturated carbocycles. The Morgan fingerprint density at radius 3 is 2.57 bits per heavy atom. The number of anilines is 1. The maximum absolute atomic E-state index is 13.3. The standard InChI is InChI=1S/C19H20FN3O4S/c1-12(2)23-28(25,26)16-8-6-15(7-9-16)21-19(24)18-11-17(22-27-18)13-4-3-5-14(20)10-13/h3-10,12,18,23H,11H2,1-2H3,(H,21,24). The summed E-state index contributed by atoms with van der Waals surface area (Å²) in [6, 6.07) is 11.5. The Balaban J connectivity index is 1.61. The zero-order valence-electron chi connectivity index (χ0n) is 15.3. The van der Waals surface area contributed by atoms with Gasteiger partial charge in [-0.1, -0.05) is 17.3 Å². The molecule has 9 heteroatoms. The number of halogens is 1. The summed E-state index contributed by atoms with van der Waals surface area (Å²) in [6.07, 6.45) is -0.635. The number of carbonyl (C=O) groups excluding carboxylic acids is 1. The lowest BCUT2D eigenvalue weighted by molar-refractivity contribution is -0.125. The molecule has 148 valence electrons. The molecule has 28 heavy (non-hydrogen) atoms. The lowest BCUT2D eigenvalue weighted by atomic mass is 10.0. The van der Waals surface area contributed by atoms with Crippen LogP contribution in [0, 0.1) is 5.82 Å². The van der Waals surface area contributed by atoms with E-state index in [9.17, 15) is 17.6 Å². The molecule has 0 spiro atoms. The Labute approximate surface area is 162 Å². The van der Waals surface area contributed by atoms with Crippen molar-refractivity contribution >= 4 is 27.3 Å². The van der Waals surface area contributed by atoms with Gasteiger partial charge in [-0.2, -0.15) is 0 Å². The van der Waals surface area contributed by atoms with Crippen LogP contribution in [0.3, 0.4) is 0 Å². The molecule has 1 aliphatic rings. The van der Waals surface area contributed by atoms with Crippen molar-refractivity contribution in [2.24, 2.45) is 5.16 Å². The normalized spacial score (nSPS) is 16.6. The number of oxime groups is 1. The molecular weight excluding hydrogens is 385 g/mol. The number of hydrogen-bond donors (Lipinski definition) is 2. The van der Waals surface area contributed by atoms with Gasteiger partial charge in [-0.3, -0.25) is 4.79 Å². The second-order valence-corrected chi connectivity index (χ2v) is 8.35. The van der Waals surface area contributed by atoms with E-state index in [1.54, 1.807) is 26.0 Å². The molecule has 1 unspecified atom stereocenters. The lowest BCUT2D eigenvalue weighted by Crippen LogP contribution is -2.30. The minimum absolute atomic E-state index is 0.105. The average Bonchev–Trinajstić information content (AvgIpc) is 3.11. The molecule has 0 bridgehead atoms. The highest BCUT2D eigenvalue weighted by Gasteiger charge is 2.29. The minimum Gasteiger partial charge on any atom is -0.382 e. The Morgan fingerprint density at radius 1 is 1.21 bits per heavy atom. The van der Waals surface area contributed by atoms with Gasteiger partial charge in [0.05, 0.1) is 10.6 Å². The monoisotopic (exact) mass is 405 g/mol. The van der Waals surface area contributed by atoms with Crippen LogP contribution in [0.15, 0.2) is 58.6 Å². The van der Waals surface area contributed by atoms with E-state index in [1.807, 2.05) is 0 Å². The van der Waals surface area contributed by atoms with E-state index in [4.69, 9.17) is 4.84 Å². The zero-order chi connectivity index (χ0) is 20.3. The van der Waals surface area contributed by atoms with Gasteiger partial charge in [0.2, 0.25) is 16.1 Å². The van der Waals surface area contributed by atoms with E-state index in [1.165, 1.54) is 36.4 Å². The highest BCUT2D eigenvalue weighted by molar-refractivity contribution is 7.89. The second kappa shape index (κ2) is 8.07. The van der Waals surface area contributed by atoms with Crippen molar-refractivity contribution in [1.82, 2.24) is 4.72 Å². The van der Waals surface area contributed by atoms with Crippen LogP contribution in [0.25, 0.3) is 0 Å². The van der Waals surface area contributed by atoms with Crippen LogP contribution in [-0.4, -0.2) is 32.2 Å². The largest absolute Gasteiger partial charge is 0.382 e. The summed E-state index contributed by atoms with van der Waals surface area (Å²) in [4.78, 5) is 17.6. The number of sulfonamides is 1. The molecule has 0 fully saturated rings. The number of nitrogens with zero attached hydrogens (tertiary/aromatic N) is 1. The first-order chi connectivity index (χ1) is 13.2. The number of amides is 1. The molecule has 1 aliphatic heterocycles. The van der Waals surface area contributed by atoms with Crippen LogP contribution < -0.4 is 10.0 Å². The van der Waals surface area contributed by atoms with Gasteiger partial charge >= 0.3 is 0 Å². The second-order valence-electron chi connectivity index (χ2n) is 6.64. The van der Waals surface area contributed by atoms with Crippen LogP contribution in [0.2, 0.25) is 0 Å². The molecule has 1 atom stereocenters. The maximum atomic E-state index is 13.3. The maximum Gasteiger partial charge on any atom is 0.268 e. The van der Waals surface area contributed by atoms with Crippen LogP contribution >= 0.6 is 0 Å². The average molecular weight is 405 g/mol. The Bertz CT molecular complexity index is 1000. The fourth-order valence-corrected chi connectivity index (χ4v) is 3.93. The molecular formula is C19H20FN3O4S. The van der Waals surface area contributed by atoms with E-state index >= 15 is 0 Å². The Hall–Kier alpha value is -2.78. The smallest absolute Gasteiger partial charge is 0.268 e. The first-order valence-corrected chi connectivity index (χ1v) is 10.1. The van der Waals surface area contributed by atoms with Gasteiger partial charge < -0.3 is 10.2 Å². The van der Waals surface area contributed by atoms with Gasteiger partial charge in [-0.05, 0) is 50.2 Å². The van der Waals surface area contributed by atoms with E-state index < -0.39 is 27.9 Å². The predicted octanol–water partition coefficient (Wildman–Crippen LogP) is 2.64. The van der Waals surface area contributed by atoms with Gasteiger partial charge in [-0.25, -0.2) is 17.5 Å². The molecule has 7 nitrogen and oxygen atoms in total. The van der Waals surface area contributed by atoms with E-state index in [0.717, 1.165) is 0 Å². The third-order valence-corrected chi connectivity index (χ3v) is 5.62. The fraction of sp³-hybridized carbons (Fsp3) is 0.263. The number of nitrogens with one attached hydrogen (secondary N) is 2. The quantitative estimate of drug-likeness (QED) is 0.772. The molecule has 0 aliphatic carbocycles. The number of carbonyl (C=O) groups is 1. The Morgan fingerprint density at radius 2 is 1.93 bits per heavy atom. The van der Waals surface area contributed by atoms with Crippen molar-refractivity contribution in [3.63, 3.8) is 0 Å². The first-order valence-electron chi connectivity index (χ1n) is 8.66. The summed E-state index contributed by atoms with van der Waals surface area (Å²) in [5.74, 6) is -0.818. The van der Waals surface area contributed by atoms with Gasteiger partial charge in [0.1, 0.15) is 5.82 Å². The number of hydrogen-bond acceptors (Lipinski definition) is 5.